The molecule has 3 aromatic carbocycles. The SMILES string of the molecule is O=C(Nc1ccc(I)cc1-c1nc2ccccc2s1)c1ccccc1. The van der Waals surface area contributed by atoms with Crippen molar-refractivity contribution in [2.45, 2.75) is 0 Å². The van der Waals surface area contributed by atoms with Gasteiger partial charge in [-0.25, -0.2) is 4.98 Å². The number of halogens is 1. The Labute approximate surface area is 162 Å². The summed E-state index contributed by atoms with van der Waals surface area (Å²) >= 11 is 3.91. The lowest BCUT2D eigenvalue weighted by Gasteiger charge is -2.10. The topological polar surface area (TPSA) is 42.0 Å². The maximum Gasteiger partial charge on any atom is 0.255 e. The molecule has 5 heteroatoms. The number of carbonyl (C=O) groups is 1. The van der Waals surface area contributed by atoms with Gasteiger partial charge in [0.25, 0.3) is 5.91 Å². The molecule has 1 amide bonds. The zero-order valence-corrected chi connectivity index (χ0v) is 16.0. The van der Waals surface area contributed by atoms with E-state index in [1.54, 1.807) is 23.5 Å². The Kier molecular flexibility index (Phi) is 4.50. The molecule has 1 heterocycles. The number of hydrogen-bond donors (Lipinski definition) is 1. The van der Waals surface area contributed by atoms with E-state index in [9.17, 15) is 4.79 Å². The second kappa shape index (κ2) is 6.93. The van der Waals surface area contributed by atoms with Gasteiger partial charge in [0, 0.05) is 14.7 Å². The molecule has 1 aromatic heterocycles. The maximum atomic E-state index is 12.5. The van der Waals surface area contributed by atoms with Gasteiger partial charge in [0.05, 0.1) is 15.9 Å². The summed E-state index contributed by atoms with van der Waals surface area (Å²) in [6, 6.07) is 23.3. The molecular formula is C20H13IN2OS. The second-order valence-corrected chi connectivity index (χ2v) is 7.77. The van der Waals surface area contributed by atoms with Gasteiger partial charge >= 0.3 is 0 Å². The summed E-state index contributed by atoms with van der Waals surface area (Å²) < 4.78 is 2.24. The van der Waals surface area contributed by atoms with E-state index in [2.05, 4.69) is 40.0 Å². The van der Waals surface area contributed by atoms with Crippen LogP contribution in [0.5, 0.6) is 0 Å². The molecule has 0 bridgehead atoms. The molecule has 0 saturated carbocycles. The monoisotopic (exact) mass is 456 g/mol. The number of fused-ring (bicyclic) bond motifs is 1. The van der Waals surface area contributed by atoms with E-state index in [1.807, 2.05) is 48.5 Å². The number of thiazole rings is 1. The van der Waals surface area contributed by atoms with Crippen molar-refractivity contribution in [1.29, 1.82) is 0 Å². The van der Waals surface area contributed by atoms with Crippen molar-refractivity contribution in [3.05, 3.63) is 81.9 Å². The minimum atomic E-state index is -0.121. The first-order valence-corrected chi connectivity index (χ1v) is 9.62. The predicted octanol–water partition coefficient (Wildman–Crippen LogP) is 5.82. The molecule has 0 saturated heterocycles. The van der Waals surface area contributed by atoms with Crippen LogP contribution in [0.4, 0.5) is 5.69 Å². The molecular weight excluding hydrogens is 443 g/mol. The summed E-state index contributed by atoms with van der Waals surface area (Å²) in [7, 11) is 0. The fraction of sp³-hybridized carbons (Fsp3) is 0. The van der Waals surface area contributed by atoms with Crippen LogP contribution in [0.1, 0.15) is 10.4 Å². The fourth-order valence-electron chi connectivity index (χ4n) is 2.57. The summed E-state index contributed by atoms with van der Waals surface area (Å²) in [5.74, 6) is -0.121. The van der Waals surface area contributed by atoms with Gasteiger partial charge in [0.15, 0.2) is 0 Å². The number of anilines is 1. The third-order valence-electron chi connectivity index (χ3n) is 3.79. The molecule has 0 aliphatic carbocycles. The number of hydrogen-bond acceptors (Lipinski definition) is 3. The molecule has 0 atom stereocenters. The van der Waals surface area contributed by atoms with Gasteiger partial charge in [-0.15, -0.1) is 11.3 Å². The van der Waals surface area contributed by atoms with Crippen LogP contribution in [0.3, 0.4) is 0 Å². The molecule has 4 rings (SSSR count). The molecule has 0 fully saturated rings. The molecule has 0 aliphatic rings. The van der Waals surface area contributed by atoms with Gasteiger partial charge in [-0.3, -0.25) is 4.79 Å². The van der Waals surface area contributed by atoms with Crippen molar-refractivity contribution in [3.63, 3.8) is 0 Å². The highest BCUT2D eigenvalue weighted by molar-refractivity contribution is 14.1. The first-order valence-electron chi connectivity index (χ1n) is 7.72. The molecule has 4 aromatic rings. The molecule has 122 valence electrons. The van der Waals surface area contributed by atoms with Crippen molar-refractivity contribution in [2.24, 2.45) is 0 Å². The lowest BCUT2D eigenvalue weighted by molar-refractivity contribution is 0.102. The molecule has 0 unspecified atom stereocenters. The van der Waals surface area contributed by atoms with Gasteiger partial charge in [-0.1, -0.05) is 30.3 Å². The normalized spacial score (nSPS) is 10.8. The number of nitrogens with zero attached hydrogens (tertiary/aromatic N) is 1. The van der Waals surface area contributed by atoms with Gasteiger partial charge in [-0.2, -0.15) is 0 Å². The summed E-state index contributed by atoms with van der Waals surface area (Å²) in [6.45, 7) is 0. The van der Waals surface area contributed by atoms with Gasteiger partial charge in [0.2, 0.25) is 0 Å². The highest BCUT2D eigenvalue weighted by Crippen LogP contribution is 2.35. The Morgan fingerprint density at radius 1 is 0.960 bits per heavy atom. The van der Waals surface area contributed by atoms with E-state index in [1.165, 1.54) is 0 Å². The van der Waals surface area contributed by atoms with Crippen molar-refractivity contribution in [2.75, 3.05) is 5.32 Å². The van der Waals surface area contributed by atoms with E-state index in [-0.39, 0.29) is 5.91 Å². The van der Waals surface area contributed by atoms with Crippen molar-refractivity contribution in [1.82, 2.24) is 4.98 Å². The summed E-state index contributed by atoms with van der Waals surface area (Å²) in [5, 5.41) is 3.93. The standard InChI is InChI=1S/C20H13IN2OS/c21-14-10-11-16(22-19(24)13-6-2-1-3-7-13)15(12-14)20-23-17-8-4-5-9-18(17)25-20/h1-12H,(H,22,24). The molecule has 25 heavy (non-hydrogen) atoms. The minimum absolute atomic E-state index is 0.121. The number of nitrogens with one attached hydrogen (secondary N) is 1. The van der Waals surface area contributed by atoms with E-state index in [4.69, 9.17) is 4.98 Å². The Morgan fingerprint density at radius 3 is 2.52 bits per heavy atom. The maximum absolute atomic E-state index is 12.5. The third kappa shape index (κ3) is 3.43. The van der Waals surface area contributed by atoms with Crippen molar-refractivity contribution >= 4 is 55.7 Å². The quantitative estimate of drug-likeness (QED) is 0.395. The third-order valence-corrected chi connectivity index (χ3v) is 5.53. The number of para-hydroxylation sites is 1. The lowest BCUT2D eigenvalue weighted by Crippen LogP contribution is -2.12. The highest BCUT2D eigenvalue weighted by atomic mass is 127. The zero-order chi connectivity index (χ0) is 17.2. The first-order chi connectivity index (χ1) is 12.2. The van der Waals surface area contributed by atoms with Crippen LogP contribution in [0.15, 0.2) is 72.8 Å². The van der Waals surface area contributed by atoms with Crippen LogP contribution in [-0.2, 0) is 0 Å². The average molecular weight is 456 g/mol. The van der Waals surface area contributed by atoms with Gasteiger partial charge < -0.3 is 5.32 Å². The van der Waals surface area contributed by atoms with Crippen molar-refractivity contribution < 1.29 is 4.79 Å². The lowest BCUT2D eigenvalue weighted by atomic mass is 10.1. The van der Waals surface area contributed by atoms with Crippen LogP contribution in [-0.4, -0.2) is 10.9 Å². The van der Waals surface area contributed by atoms with E-state index >= 15 is 0 Å². The Morgan fingerprint density at radius 2 is 1.72 bits per heavy atom. The van der Waals surface area contributed by atoms with Gasteiger partial charge in [-0.05, 0) is 65.1 Å². The predicted molar refractivity (Wildman–Crippen MR) is 112 cm³/mol. The fourth-order valence-corrected chi connectivity index (χ4v) is 4.06. The Balaban J connectivity index is 1.75. The Hall–Kier alpha value is -2.25. The van der Waals surface area contributed by atoms with Gasteiger partial charge in [0.1, 0.15) is 5.01 Å². The van der Waals surface area contributed by atoms with E-state index < -0.39 is 0 Å². The Bertz CT molecular complexity index is 1030. The molecule has 0 aliphatic heterocycles. The second-order valence-electron chi connectivity index (χ2n) is 5.50. The van der Waals surface area contributed by atoms with Crippen LogP contribution < -0.4 is 5.32 Å². The van der Waals surface area contributed by atoms with Crippen LogP contribution >= 0.6 is 33.9 Å². The van der Waals surface area contributed by atoms with Crippen molar-refractivity contribution in [3.8, 4) is 10.6 Å². The molecule has 0 spiro atoms. The van der Waals surface area contributed by atoms with Crippen LogP contribution in [0.25, 0.3) is 20.8 Å². The number of rotatable bonds is 3. The number of carbonyl (C=O) groups excluding carboxylic acids is 1. The minimum Gasteiger partial charge on any atom is -0.321 e. The highest BCUT2D eigenvalue weighted by Gasteiger charge is 2.14. The number of benzene rings is 3. The van der Waals surface area contributed by atoms with E-state index in [0.717, 1.165) is 30.0 Å². The van der Waals surface area contributed by atoms with E-state index in [0.29, 0.717) is 5.56 Å². The smallest absolute Gasteiger partial charge is 0.255 e. The summed E-state index contributed by atoms with van der Waals surface area (Å²) in [6.07, 6.45) is 0. The summed E-state index contributed by atoms with van der Waals surface area (Å²) in [5.41, 5.74) is 3.32. The largest absolute Gasteiger partial charge is 0.321 e. The number of aromatic nitrogens is 1. The zero-order valence-electron chi connectivity index (χ0n) is 13.1. The average Bonchev–Trinajstić information content (AvgIpc) is 3.08. The first kappa shape index (κ1) is 16.2. The summed E-state index contributed by atoms with van der Waals surface area (Å²) in [4.78, 5) is 17.3. The van der Waals surface area contributed by atoms with Crippen LogP contribution in [0.2, 0.25) is 0 Å². The molecule has 0 radical (unpaired) electrons. The molecule has 3 nitrogen and oxygen atoms in total. The molecule has 1 N–H and O–H groups in total. The number of amides is 1. The van der Waals surface area contributed by atoms with Crippen LogP contribution in [0, 0.1) is 3.57 Å².